The number of ether oxygens (including phenoxy) is 1. The molecule has 1 amide bonds. The van der Waals surface area contributed by atoms with Gasteiger partial charge in [0.1, 0.15) is 5.69 Å². The summed E-state index contributed by atoms with van der Waals surface area (Å²) in [6.45, 7) is 2.40. The van der Waals surface area contributed by atoms with Crippen molar-refractivity contribution in [1.29, 1.82) is 0 Å². The second-order valence-corrected chi connectivity index (χ2v) is 2.62. The summed E-state index contributed by atoms with van der Waals surface area (Å²) in [5, 5.41) is 2.06. The molecule has 5 heteroatoms. The number of carbonyl (C=O) groups is 1. The fourth-order valence-corrected chi connectivity index (χ4v) is 1.28. The second-order valence-electron chi connectivity index (χ2n) is 1.80. The number of rotatable bonds is 3. The zero-order chi connectivity index (χ0) is 8.27. The van der Waals surface area contributed by atoms with Crippen LogP contribution in [0.2, 0.25) is 0 Å². The number of nitrogens with zero attached hydrogens (tertiary/aromatic N) is 1. The molecule has 0 aliphatic carbocycles. The first-order chi connectivity index (χ1) is 5.24. The Kier molecular flexibility index (Phi) is 2.43. The predicted octanol–water partition coefficient (Wildman–Crippen LogP) is 0.641. The van der Waals surface area contributed by atoms with Crippen molar-refractivity contribution in [2.24, 2.45) is 5.73 Å². The van der Waals surface area contributed by atoms with Gasteiger partial charge in [-0.15, -0.1) is 0 Å². The van der Waals surface area contributed by atoms with Crippen LogP contribution in [0.4, 0.5) is 0 Å². The lowest BCUT2D eigenvalue weighted by Gasteiger charge is -1.92. The van der Waals surface area contributed by atoms with Gasteiger partial charge in [-0.25, -0.2) is 0 Å². The Balaban J connectivity index is 2.73. The number of carbonyl (C=O) groups excluding carboxylic acids is 1. The first-order valence-corrected chi connectivity index (χ1v) is 4.00. The molecule has 0 fully saturated rings. The average molecular weight is 172 g/mol. The molecular weight excluding hydrogens is 164 g/mol. The number of hydrogen-bond acceptors (Lipinski definition) is 4. The topological polar surface area (TPSA) is 65.2 Å². The summed E-state index contributed by atoms with van der Waals surface area (Å²) in [7, 11) is 0. The number of amides is 1. The number of aromatic nitrogens is 1. The van der Waals surface area contributed by atoms with E-state index in [1.165, 1.54) is 11.3 Å². The summed E-state index contributed by atoms with van der Waals surface area (Å²) in [6.07, 6.45) is 0. The second kappa shape index (κ2) is 3.34. The fourth-order valence-electron chi connectivity index (χ4n) is 0.560. The van der Waals surface area contributed by atoms with E-state index in [1.54, 1.807) is 5.38 Å². The summed E-state index contributed by atoms with van der Waals surface area (Å²) in [5.74, 6) is -0.521. The minimum Gasteiger partial charge on any atom is -0.470 e. The molecule has 1 heterocycles. The highest BCUT2D eigenvalue weighted by molar-refractivity contribution is 7.11. The predicted molar refractivity (Wildman–Crippen MR) is 41.8 cm³/mol. The maximum atomic E-state index is 10.5. The van der Waals surface area contributed by atoms with Gasteiger partial charge in [0, 0.05) is 5.38 Å². The smallest absolute Gasteiger partial charge is 0.273 e. The third kappa shape index (κ3) is 1.91. The van der Waals surface area contributed by atoms with Crippen LogP contribution >= 0.6 is 11.3 Å². The quantitative estimate of drug-likeness (QED) is 0.727. The van der Waals surface area contributed by atoms with Crippen molar-refractivity contribution in [3.8, 4) is 5.19 Å². The Labute approximate surface area is 68.0 Å². The molecule has 0 saturated carbocycles. The SMILES string of the molecule is CCOc1nc(C(N)=O)cs1. The molecule has 0 aromatic carbocycles. The Morgan fingerprint density at radius 3 is 3.09 bits per heavy atom. The molecule has 0 radical (unpaired) electrons. The number of thiazole rings is 1. The summed E-state index contributed by atoms with van der Waals surface area (Å²) in [5.41, 5.74) is 5.24. The molecular formula is C6H8N2O2S. The highest BCUT2D eigenvalue weighted by Gasteiger charge is 2.05. The van der Waals surface area contributed by atoms with Crippen LogP contribution in [0.3, 0.4) is 0 Å². The lowest BCUT2D eigenvalue weighted by molar-refractivity contribution is 0.0995. The lowest BCUT2D eigenvalue weighted by Crippen LogP contribution is -2.11. The van der Waals surface area contributed by atoms with Crippen molar-refractivity contribution in [2.75, 3.05) is 6.61 Å². The summed E-state index contributed by atoms with van der Waals surface area (Å²) >= 11 is 1.27. The summed E-state index contributed by atoms with van der Waals surface area (Å²) in [4.78, 5) is 14.4. The third-order valence-corrected chi connectivity index (χ3v) is 1.76. The van der Waals surface area contributed by atoms with Gasteiger partial charge in [0.25, 0.3) is 11.1 Å². The van der Waals surface area contributed by atoms with Crippen LogP contribution in [0, 0.1) is 0 Å². The molecule has 1 aromatic heterocycles. The molecule has 2 N–H and O–H groups in total. The maximum Gasteiger partial charge on any atom is 0.273 e. The van der Waals surface area contributed by atoms with E-state index >= 15 is 0 Å². The van der Waals surface area contributed by atoms with Crippen LogP contribution in [0.25, 0.3) is 0 Å². The van der Waals surface area contributed by atoms with Crippen LogP contribution in [0.15, 0.2) is 5.38 Å². The first-order valence-electron chi connectivity index (χ1n) is 3.12. The zero-order valence-electron chi connectivity index (χ0n) is 6.03. The summed E-state index contributed by atoms with van der Waals surface area (Å²) < 4.78 is 5.04. The number of hydrogen-bond donors (Lipinski definition) is 1. The highest BCUT2D eigenvalue weighted by Crippen LogP contribution is 2.17. The van der Waals surface area contributed by atoms with E-state index in [-0.39, 0.29) is 5.69 Å². The fraction of sp³-hybridized carbons (Fsp3) is 0.333. The van der Waals surface area contributed by atoms with Crippen molar-refractivity contribution >= 4 is 17.2 Å². The van der Waals surface area contributed by atoms with Crippen LogP contribution in [0.5, 0.6) is 5.19 Å². The summed E-state index contributed by atoms with van der Waals surface area (Å²) in [6, 6.07) is 0. The van der Waals surface area contributed by atoms with E-state index in [2.05, 4.69) is 4.98 Å². The van der Waals surface area contributed by atoms with E-state index < -0.39 is 5.91 Å². The molecule has 11 heavy (non-hydrogen) atoms. The van der Waals surface area contributed by atoms with Crippen molar-refractivity contribution in [3.63, 3.8) is 0 Å². The van der Waals surface area contributed by atoms with E-state index in [0.717, 1.165) is 0 Å². The maximum absolute atomic E-state index is 10.5. The molecule has 0 aliphatic heterocycles. The van der Waals surface area contributed by atoms with Gasteiger partial charge in [0.15, 0.2) is 0 Å². The van der Waals surface area contributed by atoms with Crippen molar-refractivity contribution in [1.82, 2.24) is 4.98 Å². The molecule has 0 bridgehead atoms. The molecule has 0 atom stereocenters. The minimum absolute atomic E-state index is 0.262. The molecule has 0 aliphatic rings. The molecule has 1 rings (SSSR count). The zero-order valence-corrected chi connectivity index (χ0v) is 6.85. The molecule has 1 aromatic rings. The van der Waals surface area contributed by atoms with Gasteiger partial charge in [-0.05, 0) is 6.92 Å². The standard InChI is InChI=1S/C6H8N2O2S/c1-2-10-6-8-4(3-11-6)5(7)9/h3H,2H2,1H3,(H2,7,9). The molecule has 0 saturated heterocycles. The van der Waals surface area contributed by atoms with Gasteiger partial charge < -0.3 is 10.5 Å². The Hall–Kier alpha value is -1.10. The van der Waals surface area contributed by atoms with E-state index in [9.17, 15) is 4.79 Å². The van der Waals surface area contributed by atoms with Crippen LogP contribution in [0.1, 0.15) is 17.4 Å². The molecule has 0 spiro atoms. The first kappa shape index (κ1) is 8.00. The Morgan fingerprint density at radius 2 is 2.64 bits per heavy atom. The minimum atomic E-state index is -0.521. The average Bonchev–Trinajstić information content (AvgIpc) is 2.37. The Morgan fingerprint density at radius 1 is 1.91 bits per heavy atom. The van der Waals surface area contributed by atoms with Crippen molar-refractivity contribution < 1.29 is 9.53 Å². The van der Waals surface area contributed by atoms with Crippen LogP contribution < -0.4 is 10.5 Å². The third-order valence-electron chi connectivity index (χ3n) is 1.00. The van der Waals surface area contributed by atoms with Crippen LogP contribution in [-0.4, -0.2) is 17.5 Å². The van der Waals surface area contributed by atoms with Crippen molar-refractivity contribution in [3.05, 3.63) is 11.1 Å². The van der Waals surface area contributed by atoms with Crippen LogP contribution in [-0.2, 0) is 0 Å². The Bertz CT molecular complexity index is 259. The molecule has 0 unspecified atom stereocenters. The van der Waals surface area contributed by atoms with Crippen molar-refractivity contribution in [2.45, 2.75) is 6.92 Å². The molecule has 60 valence electrons. The van der Waals surface area contributed by atoms with E-state index in [1.807, 2.05) is 6.92 Å². The van der Waals surface area contributed by atoms with Gasteiger partial charge in [-0.3, -0.25) is 4.79 Å². The van der Waals surface area contributed by atoms with Gasteiger partial charge in [-0.2, -0.15) is 4.98 Å². The van der Waals surface area contributed by atoms with E-state index in [0.29, 0.717) is 11.8 Å². The number of primary amides is 1. The molecule has 4 nitrogen and oxygen atoms in total. The van der Waals surface area contributed by atoms with Gasteiger partial charge in [0.2, 0.25) is 0 Å². The lowest BCUT2D eigenvalue weighted by atomic mass is 10.5. The number of nitrogens with two attached hydrogens (primary N) is 1. The monoisotopic (exact) mass is 172 g/mol. The van der Waals surface area contributed by atoms with Gasteiger partial charge in [-0.1, -0.05) is 11.3 Å². The van der Waals surface area contributed by atoms with Gasteiger partial charge in [0.05, 0.1) is 6.61 Å². The highest BCUT2D eigenvalue weighted by atomic mass is 32.1. The van der Waals surface area contributed by atoms with E-state index in [4.69, 9.17) is 10.5 Å². The van der Waals surface area contributed by atoms with Gasteiger partial charge >= 0.3 is 0 Å². The largest absolute Gasteiger partial charge is 0.470 e. The normalized spacial score (nSPS) is 9.55.